The van der Waals surface area contributed by atoms with Gasteiger partial charge in [-0.05, 0) is 111 Å². The summed E-state index contributed by atoms with van der Waals surface area (Å²) in [6, 6.07) is 7.67. The maximum Gasteiger partial charge on any atom is 0.191 e. The van der Waals surface area contributed by atoms with E-state index in [1.165, 1.54) is 27.6 Å². The summed E-state index contributed by atoms with van der Waals surface area (Å²) in [5, 5.41) is 126. The van der Waals surface area contributed by atoms with E-state index < -0.39 is 141 Å². The number of aryl methyl sites for hydroxylation is 3. The number of nitrogens with zero attached hydrogens (tertiary/aromatic N) is 15. The van der Waals surface area contributed by atoms with Crippen LogP contribution in [0.25, 0.3) is 33.5 Å². The van der Waals surface area contributed by atoms with E-state index in [2.05, 4.69) is 76.8 Å². The number of aliphatic hydroxyl groups is 9. The van der Waals surface area contributed by atoms with Crippen molar-refractivity contribution in [2.45, 2.75) is 224 Å². The first-order valence-corrected chi connectivity index (χ1v) is 37.2. The second-order valence-electron chi connectivity index (χ2n) is 26.4. The summed E-state index contributed by atoms with van der Waals surface area (Å²) in [5.41, 5.74) is -2.05. The summed E-state index contributed by atoms with van der Waals surface area (Å²) in [6.07, 6.45) is -13.5. The van der Waals surface area contributed by atoms with Gasteiger partial charge in [0.05, 0.1) is 88.3 Å². The Morgan fingerprint density at radius 2 is 0.806 bits per heavy atom. The van der Waals surface area contributed by atoms with Gasteiger partial charge in [-0.1, -0.05) is 108 Å². The van der Waals surface area contributed by atoms with Gasteiger partial charge in [0.15, 0.2) is 66.4 Å². The number of hydrogen-bond donors (Lipinski definition) is 12. The summed E-state index contributed by atoms with van der Waals surface area (Å²) in [4.78, 5) is 26.5. The molecule has 6 aliphatic carbocycles. The lowest BCUT2D eigenvalue weighted by Crippen LogP contribution is -2.33. The Morgan fingerprint density at radius 3 is 1.12 bits per heavy atom. The largest absolute Gasteiger partial charge is 0.394 e. The van der Waals surface area contributed by atoms with Crippen molar-refractivity contribution in [1.82, 2.24) is 74.9 Å². The second kappa shape index (κ2) is 35.1. The van der Waals surface area contributed by atoms with E-state index in [1.54, 1.807) is 71.0 Å². The Labute approximate surface area is 657 Å². The average Bonchev–Trinajstić information content (AvgIpc) is 1.58. The molecule has 36 heteroatoms. The van der Waals surface area contributed by atoms with Gasteiger partial charge in [0.2, 0.25) is 0 Å². The van der Waals surface area contributed by atoms with Crippen molar-refractivity contribution in [3.63, 3.8) is 0 Å². The lowest BCUT2D eigenvalue weighted by molar-refractivity contribution is -0.0629. The molecule has 0 saturated heterocycles. The van der Waals surface area contributed by atoms with Crippen LogP contribution in [0.1, 0.15) is 171 Å². The first-order chi connectivity index (χ1) is 58.2. The molecule has 6 fully saturated rings. The number of thioether (sulfide) groups is 3. The molecule has 6 aromatic heterocycles. The van der Waals surface area contributed by atoms with E-state index in [0.29, 0.717) is 64.4 Å². The third-order valence-electron chi connectivity index (χ3n) is 19.2. The number of fused-ring (bicyclic) bond motifs is 3. The second-order valence-corrected chi connectivity index (χ2v) is 28.9. The Kier molecular flexibility index (Phi) is 19.4. The highest BCUT2D eigenvalue weighted by Crippen LogP contribution is 2.48. The highest BCUT2D eigenvalue weighted by atomic mass is 32.2. The first kappa shape index (κ1) is 59.6. The molecule has 6 aliphatic rings. The minimum absolute atomic E-state index is 0.0199. The van der Waals surface area contributed by atoms with Gasteiger partial charge in [-0.25, -0.2) is 57.1 Å². The maximum atomic E-state index is 14.2. The Bertz CT molecular complexity index is 5460. The number of aliphatic hydroxyl groups excluding tert-OH is 8. The lowest BCUT2D eigenvalue weighted by atomic mass is 10.1. The van der Waals surface area contributed by atoms with E-state index in [1.807, 2.05) is 0 Å². The van der Waals surface area contributed by atoms with Gasteiger partial charge in [0, 0.05) is 83.2 Å². The third kappa shape index (κ3) is 17.5. The monoisotopic (exact) mass is 1570 g/mol. The molecule has 0 bridgehead atoms. The molecule has 582 valence electrons. The lowest BCUT2D eigenvalue weighted by Gasteiger charge is -2.17. The number of hydrogen-bond acceptors (Lipinski definition) is 30. The van der Waals surface area contributed by atoms with Crippen LogP contribution in [-0.2, 0) is 14.2 Å². The van der Waals surface area contributed by atoms with Crippen molar-refractivity contribution >= 4 is 86.2 Å². The minimum Gasteiger partial charge on any atom is -0.394 e. The van der Waals surface area contributed by atoms with Gasteiger partial charge in [-0.15, -0.1) is 15.3 Å². The highest BCUT2D eigenvalue weighted by molar-refractivity contribution is 7.99. The highest BCUT2D eigenvalue weighted by Gasteiger charge is 2.49. The molecule has 6 saturated carbocycles. The predicted octanol–water partition coefficient (Wildman–Crippen LogP) is 6.55. The third-order valence-corrected chi connectivity index (χ3v) is 21.4. The average molecular weight is 1570 g/mol. The molecular formula is C72H93F3N18O12S3. The summed E-state index contributed by atoms with van der Waals surface area (Å²) < 4.78 is 199. The molecule has 9 aromatic rings. The van der Waals surface area contributed by atoms with E-state index in [9.17, 15) is 54.0 Å². The van der Waals surface area contributed by atoms with E-state index >= 15 is 0 Å². The molecule has 0 spiro atoms. The number of ether oxygens (including phenoxy) is 3. The standard InChI is InChI=1S/3C24H31FN6O4S/c3*1-3-8-36-24-27-22(26-16-10-14(16)13-5-4-12(2)15(25)9-13)19-23(28-24)31(30-29-19)17-11-18(35-7-6-32)21(34)20(17)33/h3*4-5,9,14,16-18,20-21,32-34H,3,6-8,10-11H2,1-2H3,(H,26,27,28)/t3*14-,16+,17+,18-,20-,21+/m000/s1/i6D2,7D2,8D2,16D;7D2,8D2,16D;3D2,8D2,16D. The molecule has 6 heterocycles. The summed E-state index contributed by atoms with van der Waals surface area (Å²) in [6.45, 7) is -0.938. The fraction of sp³-hybridized carbons (Fsp3) is 0.583. The molecule has 3 aromatic carbocycles. The zero-order valence-corrected chi connectivity index (χ0v) is 61.4. The van der Waals surface area contributed by atoms with Gasteiger partial charge >= 0.3 is 0 Å². The molecular weight excluding hydrogens is 1460 g/mol. The molecule has 18 atom stereocenters. The summed E-state index contributed by atoms with van der Waals surface area (Å²) in [5.74, 6) is -2.02. The smallest absolute Gasteiger partial charge is 0.191 e. The van der Waals surface area contributed by atoms with Crippen LogP contribution in [0.2, 0.25) is 0 Å². The number of nitrogens with one attached hydrogen (secondary N) is 3. The van der Waals surface area contributed by atoms with Crippen LogP contribution >= 0.6 is 35.3 Å². The fourth-order valence-corrected chi connectivity index (χ4v) is 14.7. The Hall–Kier alpha value is -7.14. The molecule has 108 heavy (non-hydrogen) atoms. The first-order valence-electron chi connectivity index (χ1n) is 43.3. The van der Waals surface area contributed by atoms with Crippen LogP contribution < -0.4 is 16.0 Å². The minimum atomic E-state index is -3.40. The van der Waals surface area contributed by atoms with E-state index in [0.717, 1.165) is 35.1 Å². The molecule has 0 amide bonds. The molecule has 15 rings (SSSR count). The molecule has 0 unspecified atom stereocenters. The van der Waals surface area contributed by atoms with Gasteiger partial charge in [-0.2, -0.15) is 0 Å². The Balaban J connectivity index is 0.000000161. The molecule has 0 radical (unpaired) electrons. The zero-order chi connectivity index (χ0) is 91.5. The Morgan fingerprint density at radius 1 is 0.463 bits per heavy atom. The van der Waals surface area contributed by atoms with Gasteiger partial charge in [0.1, 0.15) is 54.1 Å². The molecule has 0 aliphatic heterocycles. The van der Waals surface area contributed by atoms with Crippen molar-refractivity contribution < 1.29 is 96.6 Å². The number of anilines is 3. The summed E-state index contributed by atoms with van der Waals surface area (Å²) in [7, 11) is 0. The van der Waals surface area contributed by atoms with Gasteiger partial charge < -0.3 is 76.1 Å². The van der Waals surface area contributed by atoms with Crippen molar-refractivity contribution in [2.75, 3.05) is 72.6 Å². The van der Waals surface area contributed by atoms with Crippen LogP contribution in [-0.4, -0.2) is 250 Å². The van der Waals surface area contributed by atoms with Crippen molar-refractivity contribution in [3.8, 4) is 0 Å². The van der Waals surface area contributed by atoms with E-state index in [-0.39, 0.29) is 147 Å². The summed E-state index contributed by atoms with van der Waals surface area (Å²) >= 11 is 1.94. The number of benzene rings is 3. The number of rotatable bonds is 30. The van der Waals surface area contributed by atoms with Crippen molar-refractivity contribution in [2.24, 2.45) is 0 Å². The van der Waals surface area contributed by atoms with Crippen LogP contribution in [0.4, 0.5) is 30.6 Å². The van der Waals surface area contributed by atoms with Crippen LogP contribution in [0.5, 0.6) is 0 Å². The fourth-order valence-electron chi connectivity index (χ4n) is 13.1. The molecule has 12 N–H and O–H groups in total. The predicted molar refractivity (Wildman–Crippen MR) is 398 cm³/mol. The van der Waals surface area contributed by atoms with Gasteiger partial charge in [-0.3, -0.25) is 0 Å². The van der Waals surface area contributed by atoms with Crippen LogP contribution in [0.3, 0.4) is 0 Å². The number of halogens is 3. The van der Waals surface area contributed by atoms with Crippen LogP contribution in [0.15, 0.2) is 70.1 Å². The normalized spacial score (nSPS) is 32.9. The zero-order valence-electron chi connectivity index (χ0n) is 76.0. The number of aromatic nitrogens is 15. The topological polar surface area (TPSA) is 415 Å². The maximum absolute atomic E-state index is 14.2. The van der Waals surface area contributed by atoms with Crippen molar-refractivity contribution in [1.29, 1.82) is 0 Å². The van der Waals surface area contributed by atoms with Gasteiger partial charge in [0.25, 0.3) is 0 Å². The molecule has 30 nitrogen and oxygen atoms in total. The van der Waals surface area contributed by atoms with Crippen molar-refractivity contribution in [3.05, 3.63) is 105 Å². The van der Waals surface area contributed by atoms with Crippen LogP contribution in [0, 0.1) is 38.2 Å². The van der Waals surface area contributed by atoms with E-state index in [4.69, 9.17) is 42.6 Å². The SMILES string of the molecule is [2H]C([2H])(C)C([2H])([2H])Sc1nc(N[C@]2([2H])C[C@H]2c2ccc(C)c(F)c2)c2nnn([C@@H]3C[C@H](OCCO)[C@@H](O)[C@H]3O)c2n1.[2H]C([2H])(CC)Sc1nc(N[C@]2([2H])C[C@H]2c2ccc(C)c(F)c2)c2nnn([C@@H]3C[C@H](OC([2H])([2H])C([2H])([2H])O)[C@@H](O)[C@H]3O)c2n1.[2H]C([2H])(CO)O[C@H]1C[C@@H](n2nnc3c(N[C@]4([2H])C[C@H]4c4ccc(C)c(F)c4)nc(SC([2H])([2H])CC)nc32)[C@H](O)[C@@H]1O. The quantitative estimate of drug-likeness (QED) is 0.0168.